The molecule has 3 rings (SSSR count). The molecule has 1 N–H and O–H groups in total. The van der Waals surface area contributed by atoms with Gasteiger partial charge in [-0.1, -0.05) is 50.2 Å². The Balaban J connectivity index is 1.54. The highest BCUT2D eigenvalue weighted by Gasteiger charge is 2.26. The standard InChI is InChI=1S/C21H30N4O3/c1-4-25(14-20(26)27)18-9-11-24(12-10-18)13-19-22-21(23-28-19)17-7-5-16(6-8-17)15(2)3/h5-8,15,18H,4,9-14H2,1-3H3,(H,26,27). The summed E-state index contributed by atoms with van der Waals surface area (Å²) >= 11 is 0. The van der Waals surface area contributed by atoms with Crippen molar-refractivity contribution in [1.29, 1.82) is 0 Å². The average molecular weight is 386 g/mol. The maximum atomic E-state index is 11.0. The molecule has 1 aromatic carbocycles. The summed E-state index contributed by atoms with van der Waals surface area (Å²) in [7, 11) is 0. The van der Waals surface area contributed by atoms with Crippen LogP contribution in [0.5, 0.6) is 0 Å². The monoisotopic (exact) mass is 386 g/mol. The van der Waals surface area contributed by atoms with E-state index >= 15 is 0 Å². The Kier molecular flexibility index (Phi) is 6.80. The van der Waals surface area contributed by atoms with E-state index in [-0.39, 0.29) is 6.54 Å². The zero-order valence-corrected chi connectivity index (χ0v) is 17.0. The first kappa shape index (κ1) is 20.5. The molecule has 0 spiro atoms. The number of carboxylic acids is 1. The number of piperidine rings is 1. The highest BCUT2D eigenvalue weighted by molar-refractivity contribution is 5.69. The van der Waals surface area contributed by atoms with Crippen molar-refractivity contribution in [1.82, 2.24) is 19.9 Å². The molecule has 1 aliphatic rings. The Morgan fingerprint density at radius 1 is 1.29 bits per heavy atom. The molecular weight excluding hydrogens is 356 g/mol. The molecule has 1 aromatic heterocycles. The highest BCUT2D eigenvalue weighted by Crippen LogP contribution is 2.22. The predicted molar refractivity (Wildman–Crippen MR) is 107 cm³/mol. The van der Waals surface area contributed by atoms with Crippen LogP contribution in [0.3, 0.4) is 0 Å². The van der Waals surface area contributed by atoms with E-state index in [0.717, 1.165) is 38.0 Å². The predicted octanol–water partition coefficient (Wildman–Crippen LogP) is 3.23. The van der Waals surface area contributed by atoms with Crippen molar-refractivity contribution in [3.63, 3.8) is 0 Å². The summed E-state index contributed by atoms with van der Waals surface area (Å²) < 4.78 is 5.46. The maximum absolute atomic E-state index is 11.0. The second-order valence-electron chi connectivity index (χ2n) is 7.75. The molecule has 28 heavy (non-hydrogen) atoms. The van der Waals surface area contributed by atoms with E-state index in [1.165, 1.54) is 5.56 Å². The Labute approximate surface area is 166 Å². The lowest BCUT2D eigenvalue weighted by Crippen LogP contribution is -2.46. The van der Waals surface area contributed by atoms with Gasteiger partial charge in [0.1, 0.15) is 0 Å². The molecule has 2 heterocycles. The van der Waals surface area contributed by atoms with Crippen molar-refractivity contribution < 1.29 is 14.4 Å². The highest BCUT2D eigenvalue weighted by atomic mass is 16.5. The van der Waals surface area contributed by atoms with Gasteiger partial charge < -0.3 is 9.63 Å². The Hall–Kier alpha value is -2.25. The summed E-state index contributed by atoms with van der Waals surface area (Å²) in [6.07, 6.45) is 1.91. The smallest absolute Gasteiger partial charge is 0.317 e. The number of carboxylic acid groups (broad SMARTS) is 1. The second kappa shape index (κ2) is 9.30. The van der Waals surface area contributed by atoms with Crippen LogP contribution in [0.1, 0.15) is 51.0 Å². The van der Waals surface area contributed by atoms with Crippen molar-refractivity contribution >= 4 is 5.97 Å². The molecular formula is C21H30N4O3. The van der Waals surface area contributed by atoms with Gasteiger partial charge in [-0.25, -0.2) is 0 Å². The molecule has 0 bridgehead atoms. The number of hydrogen-bond acceptors (Lipinski definition) is 6. The van der Waals surface area contributed by atoms with Crippen LogP contribution in [0.2, 0.25) is 0 Å². The zero-order valence-electron chi connectivity index (χ0n) is 17.0. The van der Waals surface area contributed by atoms with Gasteiger partial charge in [0, 0.05) is 24.7 Å². The molecule has 2 aromatic rings. The van der Waals surface area contributed by atoms with Gasteiger partial charge >= 0.3 is 5.97 Å². The fourth-order valence-electron chi connectivity index (χ4n) is 3.76. The first-order valence-corrected chi connectivity index (χ1v) is 10.1. The van der Waals surface area contributed by atoms with Gasteiger partial charge in [-0.2, -0.15) is 4.98 Å². The lowest BCUT2D eigenvalue weighted by Gasteiger charge is -2.36. The normalized spacial score (nSPS) is 16.2. The fourth-order valence-corrected chi connectivity index (χ4v) is 3.76. The third kappa shape index (κ3) is 5.17. The molecule has 0 amide bonds. The summed E-state index contributed by atoms with van der Waals surface area (Å²) in [6.45, 7) is 9.68. The van der Waals surface area contributed by atoms with Gasteiger partial charge in [0.05, 0.1) is 13.1 Å². The van der Waals surface area contributed by atoms with Crippen LogP contribution in [0, 0.1) is 0 Å². The fraction of sp³-hybridized carbons (Fsp3) is 0.571. The van der Waals surface area contributed by atoms with E-state index in [2.05, 4.69) is 41.0 Å². The van der Waals surface area contributed by atoms with Crippen molar-refractivity contribution in [2.45, 2.75) is 52.1 Å². The number of aromatic nitrogens is 2. The topological polar surface area (TPSA) is 82.7 Å². The van der Waals surface area contributed by atoms with Crippen LogP contribution < -0.4 is 0 Å². The zero-order chi connectivity index (χ0) is 20.1. The van der Waals surface area contributed by atoms with Crippen LogP contribution in [-0.4, -0.2) is 63.2 Å². The summed E-state index contributed by atoms with van der Waals surface area (Å²) in [5.74, 6) is 0.985. The first-order chi connectivity index (χ1) is 13.5. The van der Waals surface area contributed by atoms with E-state index < -0.39 is 5.97 Å². The lowest BCUT2D eigenvalue weighted by molar-refractivity contribution is -0.139. The molecule has 0 aliphatic carbocycles. The Bertz CT molecular complexity index is 764. The third-order valence-electron chi connectivity index (χ3n) is 5.48. The summed E-state index contributed by atoms with van der Waals surface area (Å²) in [5.41, 5.74) is 2.25. The molecule has 1 fully saturated rings. The van der Waals surface area contributed by atoms with Gasteiger partial charge in [-0.3, -0.25) is 14.6 Å². The largest absolute Gasteiger partial charge is 0.480 e. The van der Waals surface area contributed by atoms with Crippen LogP contribution in [0.25, 0.3) is 11.4 Å². The molecule has 7 heteroatoms. The number of likely N-dealkylation sites (tertiary alicyclic amines) is 1. The van der Waals surface area contributed by atoms with Gasteiger partial charge in [0.25, 0.3) is 0 Å². The molecule has 152 valence electrons. The van der Waals surface area contributed by atoms with E-state index in [1.54, 1.807) is 0 Å². The number of carbonyl (C=O) groups is 1. The SMILES string of the molecule is CCN(CC(=O)O)C1CCN(Cc2nc(-c3ccc(C(C)C)cc3)no2)CC1. The van der Waals surface area contributed by atoms with Crippen LogP contribution in [0.15, 0.2) is 28.8 Å². The van der Waals surface area contributed by atoms with E-state index in [9.17, 15) is 4.79 Å². The number of aliphatic carboxylic acids is 1. The van der Waals surface area contributed by atoms with Crippen LogP contribution in [-0.2, 0) is 11.3 Å². The van der Waals surface area contributed by atoms with Gasteiger partial charge in [0.15, 0.2) is 0 Å². The molecule has 0 unspecified atom stereocenters. The quantitative estimate of drug-likeness (QED) is 0.746. The molecule has 0 saturated carbocycles. The van der Waals surface area contributed by atoms with E-state index in [0.29, 0.717) is 30.2 Å². The maximum Gasteiger partial charge on any atom is 0.317 e. The van der Waals surface area contributed by atoms with Crippen molar-refractivity contribution in [2.75, 3.05) is 26.2 Å². The Morgan fingerprint density at radius 2 is 1.96 bits per heavy atom. The third-order valence-corrected chi connectivity index (χ3v) is 5.48. The van der Waals surface area contributed by atoms with Crippen molar-refractivity contribution in [3.05, 3.63) is 35.7 Å². The Morgan fingerprint density at radius 3 is 2.54 bits per heavy atom. The number of benzene rings is 1. The van der Waals surface area contributed by atoms with Gasteiger partial charge in [0.2, 0.25) is 11.7 Å². The van der Waals surface area contributed by atoms with Crippen LogP contribution in [0.4, 0.5) is 0 Å². The van der Waals surface area contributed by atoms with Crippen LogP contribution >= 0.6 is 0 Å². The number of hydrogen-bond donors (Lipinski definition) is 1. The second-order valence-corrected chi connectivity index (χ2v) is 7.75. The summed E-state index contributed by atoms with van der Waals surface area (Å²) in [4.78, 5) is 19.9. The lowest BCUT2D eigenvalue weighted by atomic mass is 10.0. The number of nitrogens with zero attached hydrogens (tertiary/aromatic N) is 4. The van der Waals surface area contributed by atoms with Crippen molar-refractivity contribution in [2.24, 2.45) is 0 Å². The number of likely N-dealkylation sites (N-methyl/N-ethyl adjacent to an activating group) is 1. The van der Waals surface area contributed by atoms with E-state index in [4.69, 9.17) is 9.63 Å². The van der Waals surface area contributed by atoms with Gasteiger partial charge in [-0.05, 0) is 30.9 Å². The number of rotatable bonds is 8. The van der Waals surface area contributed by atoms with Gasteiger partial charge in [-0.15, -0.1) is 0 Å². The molecule has 1 saturated heterocycles. The summed E-state index contributed by atoms with van der Waals surface area (Å²) in [6, 6.07) is 8.62. The molecule has 0 radical (unpaired) electrons. The minimum atomic E-state index is -0.760. The first-order valence-electron chi connectivity index (χ1n) is 10.1. The van der Waals surface area contributed by atoms with E-state index in [1.807, 2.05) is 24.0 Å². The molecule has 1 aliphatic heterocycles. The van der Waals surface area contributed by atoms with Crippen molar-refractivity contribution in [3.8, 4) is 11.4 Å². The molecule has 7 nitrogen and oxygen atoms in total. The molecule has 0 atom stereocenters. The minimum absolute atomic E-state index is 0.115. The minimum Gasteiger partial charge on any atom is -0.480 e. The summed E-state index contributed by atoms with van der Waals surface area (Å²) in [5, 5.41) is 13.2. The average Bonchev–Trinajstić information content (AvgIpc) is 3.15.